The number of hydrogen-bond donors (Lipinski definition) is 1. The van der Waals surface area contributed by atoms with Gasteiger partial charge in [-0.15, -0.1) is 0 Å². The molecule has 2 heteroatoms. The zero-order valence-electron chi connectivity index (χ0n) is 10.8. The maximum absolute atomic E-state index is 3.60. The minimum atomic E-state index is 0.665. The van der Waals surface area contributed by atoms with Gasteiger partial charge in [-0.25, -0.2) is 0 Å². The van der Waals surface area contributed by atoms with E-state index in [1.807, 2.05) is 0 Å². The number of thiophene rings is 1. The number of rotatable bonds is 8. The molecule has 92 valence electrons. The highest BCUT2D eigenvalue weighted by atomic mass is 32.1. The molecule has 1 unspecified atom stereocenters. The van der Waals surface area contributed by atoms with Crippen molar-refractivity contribution in [3.63, 3.8) is 0 Å². The summed E-state index contributed by atoms with van der Waals surface area (Å²) in [6, 6.07) is 2.91. The monoisotopic (exact) mass is 239 g/mol. The first-order chi connectivity index (χ1) is 7.72. The normalized spacial score (nSPS) is 13.2. The van der Waals surface area contributed by atoms with Crippen LogP contribution in [0.4, 0.5) is 0 Å². The molecule has 1 aromatic heterocycles. The second-order valence-corrected chi connectivity index (χ2v) is 5.70. The molecule has 1 heterocycles. The number of nitrogens with one attached hydrogen (secondary N) is 1. The van der Waals surface area contributed by atoms with Crippen LogP contribution >= 0.6 is 11.3 Å². The second-order valence-electron chi connectivity index (χ2n) is 4.92. The Morgan fingerprint density at radius 2 is 2.12 bits per heavy atom. The lowest BCUT2D eigenvalue weighted by molar-refractivity contribution is 0.442. The molecule has 0 aliphatic rings. The minimum Gasteiger partial charge on any atom is -0.314 e. The molecule has 0 radical (unpaired) electrons. The quantitative estimate of drug-likeness (QED) is 0.720. The van der Waals surface area contributed by atoms with Crippen LogP contribution in [0.5, 0.6) is 0 Å². The van der Waals surface area contributed by atoms with Gasteiger partial charge in [-0.05, 0) is 47.7 Å². The summed E-state index contributed by atoms with van der Waals surface area (Å²) in [5.41, 5.74) is 1.49. The van der Waals surface area contributed by atoms with Crippen molar-refractivity contribution in [3.8, 4) is 0 Å². The molecule has 0 amide bonds. The van der Waals surface area contributed by atoms with Crippen LogP contribution in [-0.4, -0.2) is 12.6 Å². The fraction of sp³-hybridized carbons (Fsp3) is 0.714. The molecule has 1 atom stereocenters. The molecule has 16 heavy (non-hydrogen) atoms. The Hall–Kier alpha value is -0.340. The molecule has 0 bridgehead atoms. The Balaban J connectivity index is 2.29. The van der Waals surface area contributed by atoms with Gasteiger partial charge in [0, 0.05) is 6.04 Å². The lowest BCUT2D eigenvalue weighted by atomic mass is 9.99. The molecular weight excluding hydrogens is 214 g/mol. The molecule has 1 N–H and O–H groups in total. The van der Waals surface area contributed by atoms with E-state index in [0.29, 0.717) is 6.04 Å². The number of likely N-dealkylation sites (N-methyl/N-ethyl adjacent to an activating group) is 1. The zero-order valence-corrected chi connectivity index (χ0v) is 11.6. The van der Waals surface area contributed by atoms with Gasteiger partial charge in [0.1, 0.15) is 0 Å². The number of hydrogen-bond acceptors (Lipinski definition) is 2. The highest BCUT2D eigenvalue weighted by Gasteiger charge is 2.08. The van der Waals surface area contributed by atoms with Gasteiger partial charge in [0.2, 0.25) is 0 Å². The van der Waals surface area contributed by atoms with Gasteiger partial charge in [-0.3, -0.25) is 0 Å². The Morgan fingerprint density at radius 1 is 1.31 bits per heavy atom. The van der Waals surface area contributed by atoms with Crippen molar-refractivity contribution >= 4 is 11.3 Å². The van der Waals surface area contributed by atoms with Crippen LogP contribution in [0.2, 0.25) is 0 Å². The van der Waals surface area contributed by atoms with Crippen molar-refractivity contribution in [2.24, 2.45) is 5.92 Å². The zero-order chi connectivity index (χ0) is 11.8. The third kappa shape index (κ3) is 5.66. The van der Waals surface area contributed by atoms with Crippen molar-refractivity contribution in [1.82, 2.24) is 5.32 Å². The van der Waals surface area contributed by atoms with E-state index >= 15 is 0 Å². The average molecular weight is 239 g/mol. The van der Waals surface area contributed by atoms with E-state index < -0.39 is 0 Å². The summed E-state index contributed by atoms with van der Waals surface area (Å²) in [6.07, 6.45) is 5.20. The van der Waals surface area contributed by atoms with Crippen molar-refractivity contribution in [3.05, 3.63) is 22.4 Å². The van der Waals surface area contributed by atoms with Gasteiger partial charge in [0.25, 0.3) is 0 Å². The first-order valence-corrected chi connectivity index (χ1v) is 7.41. The van der Waals surface area contributed by atoms with Crippen LogP contribution < -0.4 is 5.32 Å². The maximum Gasteiger partial charge on any atom is 0.0108 e. The summed E-state index contributed by atoms with van der Waals surface area (Å²) in [6.45, 7) is 7.89. The van der Waals surface area contributed by atoms with E-state index in [4.69, 9.17) is 0 Å². The molecule has 0 spiro atoms. The average Bonchev–Trinajstić information content (AvgIpc) is 2.70. The molecule has 0 fully saturated rings. The fourth-order valence-electron chi connectivity index (χ4n) is 2.03. The van der Waals surface area contributed by atoms with Gasteiger partial charge in [0.15, 0.2) is 0 Å². The highest BCUT2D eigenvalue weighted by Crippen LogP contribution is 2.14. The molecule has 0 aliphatic heterocycles. The Kier molecular flexibility index (Phi) is 6.74. The molecule has 1 aromatic rings. The summed E-state index contributed by atoms with van der Waals surface area (Å²) in [5, 5.41) is 8.04. The van der Waals surface area contributed by atoms with E-state index in [0.717, 1.165) is 12.5 Å². The van der Waals surface area contributed by atoms with Gasteiger partial charge in [-0.2, -0.15) is 11.3 Å². The fourth-order valence-corrected chi connectivity index (χ4v) is 2.71. The molecule has 1 rings (SSSR count). The van der Waals surface area contributed by atoms with E-state index in [1.54, 1.807) is 11.3 Å². The van der Waals surface area contributed by atoms with Crippen LogP contribution in [0.3, 0.4) is 0 Å². The van der Waals surface area contributed by atoms with Crippen molar-refractivity contribution in [2.75, 3.05) is 6.54 Å². The third-order valence-corrected chi connectivity index (χ3v) is 3.62. The molecule has 0 aliphatic carbocycles. The molecule has 1 nitrogen and oxygen atoms in total. The minimum absolute atomic E-state index is 0.665. The van der Waals surface area contributed by atoms with Crippen LogP contribution in [-0.2, 0) is 6.42 Å². The van der Waals surface area contributed by atoms with E-state index in [-0.39, 0.29) is 0 Å². The predicted molar refractivity (Wildman–Crippen MR) is 74.2 cm³/mol. The largest absolute Gasteiger partial charge is 0.314 e. The summed E-state index contributed by atoms with van der Waals surface area (Å²) in [4.78, 5) is 0. The summed E-state index contributed by atoms with van der Waals surface area (Å²) >= 11 is 1.80. The van der Waals surface area contributed by atoms with Crippen molar-refractivity contribution < 1.29 is 0 Å². The van der Waals surface area contributed by atoms with Crippen LogP contribution in [0.1, 0.15) is 45.6 Å². The van der Waals surface area contributed by atoms with E-state index in [1.165, 1.54) is 31.2 Å². The van der Waals surface area contributed by atoms with Gasteiger partial charge in [0.05, 0.1) is 0 Å². The molecular formula is C14H25NS. The lowest BCUT2D eigenvalue weighted by Gasteiger charge is -2.17. The Bertz CT molecular complexity index is 254. The third-order valence-electron chi connectivity index (χ3n) is 2.89. The van der Waals surface area contributed by atoms with E-state index in [2.05, 4.69) is 42.9 Å². The van der Waals surface area contributed by atoms with Crippen LogP contribution in [0, 0.1) is 5.92 Å². The van der Waals surface area contributed by atoms with Crippen LogP contribution in [0.25, 0.3) is 0 Å². The summed E-state index contributed by atoms with van der Waals surface area (Å²) in [5.74, 6) is 0.837. The topological polar surface area (TPSA) is 12.0 Å². The smallest absolute Gasteiger partial charge is 0.0108 e. The Morgan fingerprint density at radius 3 is 2.69 bits per heavy atom. The second kappa shape index (κ2) is 7.86. The molecule has 0 saturated heterocycles. The summed E-state index contributed by atoms with van der Waals surface area (Å²) in [7, 11) is 0. The lowest BCUT2D eigenvalue weighted by Crippen LogP contribution is -2.30. The first-order valence-electron chi connectivity index (χ1n) is 6.46. The highest BCUT2D eigenvalue weighted by molar-refractivity contribution is 7.07. The maximum atomic E-state index is 3.60. The SMILES string of the molecule is CCNC(CCCC(C)C)Cc1ccsc1. The molecule has 0 saturated carbocycles. The van der Waals surface area contributed by atoms with Gasteiger partial charge >= 0.3 is 0 Å². The van der Waals surface area contributed by atoms with Crippen molar-refractivity contribution in [1.29, 1.82) is 0 Å². The van der Waals surface area contributed by atoms with Crippen LogP contribution in [0.15, 0.2) is 16.8 Å². The standard InChI is InChI=1S/C14H25NS/c1-4-15-14(7-5-6-12(2)3)10-13-8-9-16-11-13/h8-9,11-12,14-15H,4-7,10H2,1-3H3. The van der Waals surface area contributed by atoms with Crippen molar-refractivity contribution in [2.45, 2.75) is 52.5 Å². The first kappa shape index (κ1) is 13.7. The van der Waals surface area contributed by atoms with E-state index in [9.17, 15) is 0 Å². The summed E-state index contributed by atoms with van der Waals surface area (Å²) < 4.78 is 0. The van der Waals surface area contributed by atoms with Gasteiger partial charge < -0.3 is 5.32 Å². The Labute approximate surface area is 104 Å². The molecule has 0 aromatic carbocycles. The van der Waals surface area contributed by atoms with Gasteiger partial charge in [-0.1, -0.05) is 33.6 Å². The predicted octanol–water partition coefficient (Wildman–Crippen LogP) is 4.10.